The van der Waals surface area contributed by atoms with E-state index in [4.69, 9.17) is 0 Å². The first-order chi connectivity index (χ1) is 8.79. The molecule has 1 heterocycles. The summed E-state index contributed by atoms with van der Waals surface area (Å²) in [5.74, 6) is 0. The van der Waals surface area contributed by atoms with Crippen molar-refractivity contribution in [3.05, 3.63) is 54.1 Å². The third-order valence-electron chi connectivity index (χ3n) is 2.86. The van der Waals surface area contributed by atoms with Crippen LogP contribution in [0.4, 0.5) is 5.69 Å². The lowest BCUT2D eigenvalue weighted by atomic mass is 10.1. The quantitative estimate of drug-likeness (QED) is 0.821. The van der Waals surface area contributed by atoms with Crippen LogP contribution in [0.15, 0.2) is 42.9 Å². The summed E-state index contributed by atoms with van der Waals surface area (Å²) in [4.78, 5) is 10.2. The minimum atomic E-state index is 0.916. The Morgan fingerprint density at radius 2 is 1.89 bits per heavy atom. The molecule has 2 rings (SSSR count). The van der Waals surface area contributed by atoms with E-state index in [0.717, 1.165) is 12.2 Å². The van der Waals surface area contributed by atoms with E-state index < -0.39 is 0 Å². The molecular formula is C15H17N3. The van der Waals surface area contributed by atoms with Gasteiger partial charge in [0.15, 0.2) is 0 Å². The topological polar surface area (TPSA) is 29.0 Å². The van der Waals surface area contributed by atoms with Crippen molar-refractivity contribution in [2.75, 3.05) is 18.5 Å². The standard InChI is InChI=1S/C15H17N3/c1-3-18(2)15-8-5-13(6-9-15)4-7-14-10-11-16-12-17-14/h4-12H,3H2,1-2H3/b7-4+. The Morgan fingerprint density at radius 1 is 1.11 bits per heavy atom. The van der Waals surface area contributed by atoms with E-state index in [2.05, 4.69) is 59.2 Å². The normalized spacial score (nSPS) is 10.8. The molecule has 0 spiro atoms. The van der Waals surface area contributed by atoms with Gasteiger partial charge in [0.05, 0.1) is 5.69 Å². The highest BCUT2D eigenvalue weighted by molar-refractivity contribution is 5.68. The van der Waals surface area contributed by atoms with E-state index in [0.29, 0.717) is 0 Å². The second-order valence-corrected chi connectivity index (χ2v) is 4.07. The Hall–Kier alpha value is -2.16. The van der Waals surface area contributed by atoms with E-state index in [-0.39, 0.29) is 0 Å². The van der Waals surface area contributed by atoms with Crippen molar-refractivity contribution in [2.45, 2.75) is 6.92 Å². The molecule has 0 fully saturated rings. The molecule has 0 aliphatic carbocycles. The Kier molecular flexibility index (Phi) is 4.07. The Morgan fingerprint density at radius 3 is 2.50 bits per heavy atom. The van der Waals surface area contributed by atoms with Gasteiger partial charge in [-0.15, -0.1) is 0 Å². The molecule has 0 aliphatic heterocycles. The molecule has 0 radical (unpaired) electrons. The highest BCUT2D eigenvalue weighted by Gasteiger charge is 1.96. The van der Waals surface area contributed by atoms with Gasteiger partial charge in [0.2, 0.25) is 0 Å². The fraction of sp³-hybridized carbons (Fsp3) is 0.200. The van der Waals surface area contributed by atoms with Gasteiger partial charge >= 0.3 is 0 Å². The smallest absolute Gasteiger partial charge is 0.115 e. The highest BCUT2D eigenvalue weighted by atomic mass is 15.1. The van der Waals surface area contributed by atoms with Crippen LogP contribution in [0, 0.1) is 0 Å². The summed E-state index contributed by atoms with van der Waals surface area (Å²) in [7, 11) is 2.09. The van der Waals surface area contributed by atoms with Crippen LogP contribution in [-0.4, -0.2) is 23.6 Å². The highest BCUT2D eigenvalue weighted by Crippen LogP contribution is 2.14. The minimum Gasteiger partial charge on any atom is -0.375 e. The van der Waals surface area contributed by atoms with Gasteiger partial charge in [0, 0.05) is 25.5 Å². The molecule has 0 saturated carbocycles. The SMILES string of the molecule is CCN(C)c1ccc(/C=C/c2ccncn2)cc1. The maximum Gasteiger partial charge on any atom is 0.115 e. The molecule has 3 heteroatoms. The molecule has 0 aliphatic rings. The van der Waals surface area contributed by atoms with Gasteiger partial charge in [-0.2, -0.15) is 0 Å². The van der Waals surface area contributed by atoms with Crippen LogP contribution in [0.1, 0.15) is 18.2 Å². The Balaban J connectivity index is 2.09. The van der Waals surface area contributed by atoms with E-state index in [1.54, 1.807) is 12.5 Å². The molecule has 2 aromatic rings. The maximum atomic E-state index is 4.15. The first-order valence-electron chi connectivity index (χ1n) is 6.05. The van der Waals surface area contributed by atoms with Crippen LogP contribution in [0.5, 0.6) is 0 Å². The van der Waals surface area contributed by atoms with E-state index in [1.165, 1.54) is 11.3 Å². The maximum absolute atomic E-state index is 4.15. The average molecular weight is 239 g/mol. The van der Waals surface area contributed by atoms with Crippen molar-refractivity contribution in [1.82, 2.24) is 9.97 Å². The molecule has 0 atom stereocenters. The molecule has 1 aromatic heterocycles. The largest absolute Gasteiger partial charge is 0.375 e. The third kappa shape index (κ3) is 3.17. The molecule has 18 heavy (non-hydrogen) atoms. The van der Waals surface area contributed by atoms with Gasteiger partial charge in [0.25, 0.3) is 0 Å². The van der Waals surface area contributed by atoms with Gasteiger partial charge in [-0.25, -0.2) is 9.97 Å². The van der Waals surface area contributed by atoms with Crippen LogP contribution in [0.3, 0.4) is 0 Å². The lowest BCUT2D eigenvalue weighted by molar-refractivity contribution is 0.968. The average Bonchev–Trinajstić information content (AvgIpc) is 2.46. The van der Waals surface area contributed by atoms with Gasteiger partial charge in [0.1, 0.15) is 6.33 Å². The van der Waals surface area contributed by atoms with Gasteiger partial charge in [-0.05, 0) is 36.8 Å². The van der Waals surface area contributed by atoms with Crippen molar-refractivity contribution >= 4 is 17.8 Å². The number of nitrogens with zero attached hydrogens (tertiary/aromatic N) is 3. The lowest BCUT2D eigenvalue weighted by Crippen LogP contribution is -2.15. The predicted octanol–water partition coefficient (Wildman–Crippen LogP) is 3.10. The number of rotatable bonds is 4. The van der Waals surface area contributed by atoms with Crippen LogP contribution < -0.4 is 4.90 Å². The summed E-state index contributed by atoms with van der Waals surface area (Å²) < 4.78 is 0. The summed E-state index contributed by atoms with van der Waals surface area (Å²) in [6, 6.07) is 10.4. The van der Waals surface area contributed by atoms with Crippen molar-refractivity contribution in [1.29, 1.82) is 0 Å². The summed E-state index contributed by atoms with van der Waals surface area (Å²) in [6.07, 6.45) is 7.34. The number of hydrogen-bond donors (Lipinski definition) is 0. The molecule has 1 aromatic carbocycles. The second-order valence-electron chi connectivity index (χ2n) is 4.07. The number of anilines is 1. The Labute approximate surface area is 108 Å². The van der Waals surface area contributed by atoms with Crippen LogP contribution in [-0.2, 0) is 0 Å². The van der Waals surface area contributed by atoms with Crippen molar-refractivity contribution < 1.29 is 0 Å². The first kappa shape index (κ1) is 12.3. The molecule has 92 valence electrons. The predicted molar refractivity (Wildman–Crippen MR) is 76.3 cm³/mol. The van der Waals surface area contributed by atoms with Gasteiger partial charge in [-0.1, -0.05) is 18.2 Å². The fourth-order valence-corrected chi connectivity index (χ4v) is 1.60. The molecule has 0 amide bonds. The Bertz CT molecular complexity index is 503. The lowest BCUT2D eigenvalue weighted by Gasteiger charge is -2.16. The van der Waals surface area contributed by atoms with E-state index in [9.17, 15) is 0 Å². The third-order valence-corrected chi connectivity index (χ3v) is 2.86. The molecule has 0 N–H and O–H groups in total. The van der Waals surface area contributed by atoms with Gasteiger partial charge in [-0.3, -0.25) is 0 Å². The van der Waals surface area contributed by atoms with Crippen LogP contribution in [0.25, 0.3) is 12.2 Å². The van der Waals surface area contributed by atoms with Crippen molar-refractivity contribution in [2.24, 2.45) is 0 Å². The number of benzene rings is 1. The zero-order chi connectivity index (χ0) is 12.8. The van der Waals surface area contributed by atoms with E-state index in [1.807, 2.05) is 12.1 Å². The monoisotopic (exact) mass is 239 g/mol. The fourth-order valence-electron chi connectivity index (χ4n) is 1.60. The van der Waals surface area contributed by atoms with Crippen LogP contribution >= 0.6 is 0 Å². The summed E-state index contributed by atoms with van der Waals surface area (Å²) in [6.45, 7) is 3.15. The summed E-state index contributed by atoms with van der Waals surface area (Å²) >= 11 is 0. The van der Waals surface area contributed by atoms with E-state index >= 15 is 0 Å². The zero-order valence-electron chi connectivity index (χ0n) is 10.7. The number of hydrogen-bond acceptors (Lipinski definition) is 3. The van der Waals surface area contributed by atoms with Crippen molar-refractivity contribution in [3.8, 4) is 0 Å². The molecular weight excluding hydrogens is 222 g/mol. The van der Waals surface area contributed by atoms with Crippen molar-refractivity contribution in [3.63, 3.8) is 0 Å². The molecule has 3 nitrogen and oxygen atoms in total. The number of aromatic nitrogens is 2. The zero-order valence-corrected chi connectivity index (χ0v) is 10.7. The molecule has 0 bridgehead atoms. The van der Waals surface area contributed by atoms with Crippen LogP contribution in [0.2, 0.25) is 0 Å². The minimum absolute atomic E-state index is 0.916. The second kappa shape index (κ2) is 5.96. The summed E-state index contributed by atoms with van der Waals surface area (Å²) in [5.41, 5.74) is 3.32. The summed E-state index contributed by atoms with van der Waals surface area (Å²) in [5, 5.41) is 0. The van der Waals surface area contributed by atoms with Gasteiger partial charge < -0.3 is 4.90 Å². The molecule has 0 unspecified atom stereocenters. The molecule has 0 saturated heterocycles. The first-order valence-corrected chi connectivity index (χ1v) is 6.05.